The molecule has 1 aromatic heterocycles. The highest BCUT2D eigenvalue weighted by Gasteiger charge is 2.22. The summed E-state index contributed by atoms with van der Waals surface area (Å²) in [6.45, 7) is 3.83. The Morgan fingerprint density at radius 2 is 2.25 bits per heavy atom. The van der Waals surface area contributed by atoms with Crippen LogP contribution in [0, 0.1) is 6.92 Å². The minimum atomic E-state index is -1.04. The molecule has 16 heavy (non-hydrogen) atoms. The molecule has 0 spiro atoms. The molecule has 0 aliphatic carbocycles. The van der Waals surface area contributed by atoms with Gasteiger partial charge in [-0.25, -0.2) is 9.48 Å². The molecule has 6 heteroatoms. The van der Waals surface area contributed by atoms with Crippen LogP contribution in [0.5, 0.6) is 5.88 Å². The monoisotopic (exact) mass is 228 g/mol. The third kappa shape index (κ3) is 2.52. The first-order valence-corrected chi connectivity index (χ1v) is 4.89. The van der Waals surface area contributed by atoms with Crippen LogP contribution in [0.3, 0.4) is 0 Å². The van der Waals surface area contributed by atoms with Gasteiger partial charge in [0.2, 0.25) is 5.88 Å². The highest BCUT2D eigenvalue weighted by Crippen LogP contribution is 2.22. The van der Waals surface area contributed by atoms with E-state index in [-0.39, 0.29) is 17.5 Å². The second-order valence-corrected chi connectivity index (χ2v) is 3.58. The van der Waals surface area contributed by atoms with E-state index in [1.807, 2.05) is 0 Å². The van der Waals surface area contributed by atoms with E-state index in [0.29, 0.717) is 12.3 Å². The summed E-state index contributed by atoms with van der Waals surface area (Å²) in [7, 11) is 3.21. The molecule has 0 aliphatic rings. The average molecular weight is 228 g/mol. The number of hydrogen-bond donors (Lipinski definition) is 1. The molecule has 1 aromatic rings. The lowest BCUT2D eigenvalue weighted by molar-refractivity contribution is 0.0665. The van der Waals surface area contributed by atoms with E-state index in [9.17, 15) is 4.79 Å². The van der Waals surface area contributed by atoms with Gasteiger partial charge < -0.3 is 14.6 Å². The number of aryl methyl sites for hydroxylation is 2. The van der Waals surface area contributed by atoms with Crippen molar-refractivity contribution in [1.29, 1.82) is 0 Å². The van der Waals surface area contributed by atoms with E-state index >= 15 is 0 Å². The summed E-state index contributed by atoms with van der Waals surface area (Å²) >= 11 is 0. The highest BCUT2D eigenvalue weighted by molar-refractivity contribution is 5.91. The van der Waals surface area contributed by atoms with Crippen LogP contribution in [0.25, 0.3) is 0 Å². The van der Waals surface area contributed by atoms with Gasteiger partial charge in [-0.1, -0.05) is 0 Å². The number of carbonyl (C=O) groups is 1. The molecular weight excluding hydrogens is 212 g/mol. The summed E-state index contributed by atoms with van der Waals surface area (Å²) in [6.07, 6.45) is -0.224. The third-order valence-corrected chi connectivity index (χ3v) is 2.10. The normalized spacial score (nSPS) is 12.5. The van der Waals surface area contributed by atoms with Crippen molar-refractivity contribution in [3.63, 3.8) is 0 Å². The second kappa shape index (κ2) is 4.98. The van der Waals surface area contributed by atoms with Crippen molar-refractivity contribution in [3.05, 3.63) is 11.3 Å². The predicted octanol–water partition coefficient (Wildman–Crippen LogP) is 0.840. The van der Waals surface area contributed by atoms with Gasteiger partial charge in [0.15, 0.2) is 0 Å². The topological polar surface area (TPSA) is 73.6 Å². The zero-order valence-electron chi connectivity index (χ0n) is 9.85. The van der Waals surface area contributed by atoms with Crippen LogP contribution in [0.2, 0.25) is 0 Å². The van der Waals surface area contributed by atoms with Crippen molar-refractivity contribution < 1.29 is 19.4 Å². The average Bonchev–Trinajstić information content (AvgIpc) is 2.41. The number of aromatic carboxylic acids is 1. The predicted molar refractivity (Wildman–Crippen MR) is 56.9 cm³/mol. The molecule has 0 aromatic carbocycles. The maximum Gasteiger partial charge on any atom is 0.343 e. The van der Waals surface area contributed by atoms with Gasteiger partial charge in [-0.2, -0.15) is 5.10 Å². The fourth-order valence-corrected chi connectivity index (χ4v) is 1.48. The molecule has 1 atom stereocenters. The fraction of sp³-hybridized carbons (Fsp3) is 0.600. The highest BCUT2D eigenvalue weighted by atomic mass is 16.5. The lowest BCUT2D eigenvalue weighted by Crippen LogP contribution is -2.20. The summed E-state index contributed by atoms with van der Waals surface area (Å²) in [5.41, 5.74) is 0.542. The zero-order valence-corrected chi connectivity index (χ0v) is 9.85. The molecule has 0 aliphatic heterocycles. The lowest BCUT2D eigenvalue weighted by Gasteiger charge is -2.14. The van der Waals surface area contributed by atoms with Crippen LogP contribution in [0.4, 0.5) is 0 Å². The number of nitrogens with zero attached hydrogens (tertiary/aromatic N) is 2. The Hall–Kier alpha value is -1.56. The standard InChI is InChI=1S/C10H16N2O4/c1-6(5-15-4)16-9-8(10(13)14)7(2)11-12(9)3/h6H,5H2,1-4H3,(H,13,14). The molecule has 0 bridgehead atoms. The van der Waals surface area contributed by atoms with Crippen molar-refractivity contribution in [2.45, 2.75) is 20.0 Å². The lowest BCUT2D eigenvalue weighted by atomic mass is 10.2. The maximum atomic E-state index is 11.0. The van der Waals surface area contributed by atoms with Crippen LogP contribution in [0.15, 0.2) is 0 Å². The Bertz CT molecular complexity index is 386. The maximum absolute atomic E-state index is 11.0. The molecule has 0 fully saturated rings. The molecule has 0 saturated heterocycles. The van der Waals surface area contributed by atoms with Gasteiger partial charge in [-0.05, 0) is 13.8 Å². The van der Waals surface area contributed by atoms with Crippen LogP contribution >= 0.6 is 0 Å². The minimum Gasteiger partial charge on any atom is -0.477 e. The smallest absolute Gasteiger partial charge is 0.343 e. The first-order chi connectivity index (χ1) is 7.47. The van der Waals surface area contributed by atoms with Crippen LogP contribution in [-0.2, 0) is 11.8 Å². The van der Waals surface area contributed by atoms with E-state index in [1.54, 1.807) is 28.0 Å². The molecule has 6 nitrogen and oxygen atoms in total. The Morgan fingerprint density at radius 3 is 2.75 bits per heavy atom. The van der Waals surface area contributed by atoms with Gasteiger partial charge in [0.05, 0.1) is 12.3 Å². The first kappa shape index (κ1) is 12.5. The third-order valence-electron chi connectivity index (χ3n) is 2.10. The molecule has 1 unspecified atom stereocenters. The molecule has 0 radical (unpaired) electrons. The largest absolute Gasteiger partial charge is 0.477 e. The molecular formula is C10H16N2O4. The van der Waals surface area contributed by atoms with Gasteiger partial charge in [0.25, 0.3) is 0 Å². The number of hydrogen-bond acceptors (Lipinski definition) is 4. The molecule has 90 valence electrons. The van der Waals surface area contributed by atoms with E-state index in [2.05, 4.69) is 5.10 Å². The number of carboxylic acid groups (broad SMARTS) is 1. The zero-order chi connectivity index (χ0) is 12.3. The van der Waals surface area contributed by atoms with E-state index in [1.165, 1.54) is 4.68 Å². The summed E-state index contributed by atoms with van der Waals surface area (Å²) in [4.78, 5) is 11.0. The number of ether oxygens (including phenoxy) is 2. The Labute approximate surface area is 93.8 Å². The van der Waals surface area contributed by atoms with Crippen molar-refractivity contribution in [1.82, 2.24) is 9.78 Å². The van der Waals surface area contributed by atoms with Crippen LogP contribution in [0.1, 0.15) is 23.0 Å². The second-order valence-electron chi connectivity index (χ2n) is 3.58. The number of carboxylic acids is 1. The molecule has 0 amide bonds. The van der Waals surface area contributed by atoms with Crippen molar-refractivity contribution in [2.75, 3.05) is 13.7 Å². The van der Waals surface area contributed by atoms with Crippen LogP contribution < -0.4 is 4.74 Å². The Kier molecular flexibility index (Phi) is 3.89. The molecule has 0 saturated carbocycles. The number of methoxy groups -OCH3 is 1. The van der Waals surface area contributed by atoms with Crippen molar-refractivity contribution >= 4 is 5.97 Å². The number of rotatable bonds is 5. The summed E-state index contributed by atoms with van der Waals surface area (Å²) < 4.78 is 11.8. The fourth-order valence-electron chi connectivity index (χ4n) is 1.48. The Balaban J connectivity index is 2.98. The van der Waals surface area contributed by atoms with E-state index in [4.69, 9.17) is 14.6 Å². The minimum absolute atomic E-state index is 0.102. The summed E-state index contributed by atoms with van der Waals surface area (Å²) in [6, 6.07) is 0. The summed E-state index contributed by atoms with van der Waals surface area (Å²) in [5.74, 6) is -0.778. The van der Waals surface area contributed by atoms with E-state index < -0.39 is 5.97 Å². The summed E-state index contributed by atoms with van der Waals surface area (Å²) in [5, 5.41) is 13.1. The molecule has 1 heterocycles. The number of aromatic nitrogens is 2. The SMILES string of the molecule is COCC(C)Oc1c(C(=O)O)c(C)nn1C. The first-order valence-electron chi connectivity index (χ1n) is 4.89. The van der Waals surface area contributed by atoms with Crippen molar-refractivity contribution in [2.24, 2.45) is 7.05 Å². The molecule has 1 rings (SSSR count). The van der Waals surface area contributed by atoms with E-state index in [0.717, 1.165) is 0 Å². The van der Waals surface area contributed by atoms with Gasteiger partial charge in [-0.15, -0.1) is 0 Å². The van der Waals surface area contributed by atoms with Gasteiger partial charge in [0.1, 0.15) is 11.7 Å². The Morgan fingerprint density at radius 1 is 1.62 bits per heavy atom. The van der Waals surface area contributed by atoms with Crippen molar-refractivity contribution in [3.8, 4) is 5.88 Å². The van der Waals surface area contributed by atoms with Gasteiger partial charge in [-0.3, -0.25) is 0 Å². The van der Waals surface area contributed by atoms with Gasteiger partial charge >= 0.3 is 5.97 Å². The van der Waals surface area contributed by atoms with Gasteiger partial charge in [0, 0.05) is 14.2 Å². The quantitative estimate of drug-likeness (QED) is 0.808. The molecule has 1 N–H and O–H groups in total. The van der Waals surface area contributed by atoms with Crippen LogP contribution in [-0.4, -0.2) is 40.7 Å².